The number of amides is 1. The molecule has 1 atom stereocenters. The Labute approximate surface area is 115 Å². The van der Waals surface area contributed by atoms with Crippen molar-refractivity contribution in [1.29, 1.82) is 0 Å². The molecule has 4 heteroatoms. The fraction of sp³-hybridized carbons (Fsp3) is 0.533. The summed E-state index contributed by atoms with van der Waals surface area (Å²) in [7, 11) is 1.66. The number of anilines is 1. The molecule has 1 unspecified atom stereocenters. The van der Waals surface area contributed by atoms with Gasteiger partial charge in [-0.1, -0.05) is 0 Å². The molecule has 0 heterocycles. The van der Waals surface area contributed by atoms with Gasteiger partial charge in [0.1, 0.15) is 5.75 Å². The van der Waals surface area contributed by atoms with Gasteiger partial charge in [0, 0.05) is 18.2 Å². The van der Waals surface area contributed by atoms with Gasteiger partial charge in [0.25, 0.3) is 0 Å². The van der Waals surface area contributed by atoms with Gasteiger partial charge in [-0.25, -0.2) is 0 Å². The Kier molecular flexibility index (Phi) is 5.36. The number of carbonyl (C=O) groups is 1. The van der Waals surface area contributed by atoms with Crippen LogP contribution in [0.5, 0.6) is 5.75 Å². The largest absolute Gasteiger partial charge is 0.496 e. The smallest absolute Gasteiger partial charge is 0.224 e. The first kappa shape index (κ1) is 15.5. The van der Waals surface area contributed by atoms with Gasteiger partial charge in [-0.05, 0) is 56.9 Å². The Morgan fingerprint density at radius 3 is 2.53 bits per heavy atom. The molecule has 0 saturated heterocycles. The lowest BCUT2D eigenvalue weighted by molar-refractivity contribution is -0.116. The summed E-state index contributed by atoms with van der Waals surface area (Å²) in [5, 5.41) is 2.95. The minimum Gasteiger partial charge on any atom is -0.496 e. The van der Waals surface area contributed by atoms with Crippen LogP contribution in [0.2, 0.25) is 0 Å². The minimum atomic E-state index is 0.00404. The quantitative estimate of drug-likeness (QED) is 0.859. The highest BCUT2D eigenvalue weighted by molar-refractivity contribution is 5.92. The second-order valence-electron chi connectivity index (χ2n) is 5.09. The van der Waals surface area contributed by atoms with Crippen molar-refractivity contribution in [3.05, 3.63) is 22.8 Å². The third kappa shape index (κ3) is 3.96. The minimum absolute atomic E-state index is 0.00404. The van der Waals surface area contributed by atoms with Crippen LogP contribution >= 0.6 is 0 Å². The Morgan fingerprint density at radius 2 is 2.00 bits per heavy atom. The SMILES string of the molecule is COc1c(C)cc(NC(=O)CCC(C)N)c(C)c1C. The molecule has 19 heavy (non-hydrogen) atoms. The summed E-state index contributed by atoms with van der Waals surface area (Å²) in [5.74, 6) is 0.885. The van der Waals surface area contributed by atoms with Crippen molar-refractivity contribution >= 4 is 11.6 Å². The topological polar surface area (TPSA) is 64.3 Å². The van der Waals surface area contributed by atoms with Crippen molar-refractivity contribution in [2.45, 2.75) is 46.6 Å². The van der Waals surface area contributed by atoms with Gasteiger partial charge >= 0.3 is 0 Å². The van der Waals surface area contributed by atoms with E-state index in [0.29, 0.717) is 12.8 Å². The standard InChI is InChI=1S/C15H24N2O2/c1-9-8-13(11(3)12(4)15(9)19-5)17-14(18)7-6-10(2)16/h8,10H,6-7,16H2,1-5H3,(H,17,18). The fourth-order valence-corrected chi connectivity index (χ4v) is 2.07. The summed E-state index contributed by atoms with van der Waals surface area (Å²) >= 11 is 0. The number of nitrogens with two attached hydrogens (primary N) is 1. The zero-order valence-corrected chi connectivity index (χ0v) is 12.5. The molecule has 1 aromatic carbocycles. The van der Waals surface area contributed by atoms with Crippen LogP contribution in [0.1, 0.15) is 36.5 Å². The van der Waals surface area contributed by atoms with Crippen molar-refractivity contribution in [3.8, 4) is 5.75 Å². The van der Waals surface area contributed by atoms with E-state index in [1.54, 1.807) is 7.11 Å². The molecule has 0 bridgehead atoms. The monoisotopic (exact) mass is 264 g/mol. The predicted octanol–water partition coefficient (Wildman–Crippen LogP) is 2.69. The first-order valence-corrected chi connectivity index (χ1v) is 6.57. The van der Waals surface area contributed by atoms with Crippen LogP contribution < -0.4 is 15.8 Å². The van der Waals surface area contributed by atoms with Crippen LogP contribution in [-0.2, 0) is 4.79 Å². The van der Waals surface area contributed by atoms with Crippen molar-refractivity contribution < 1.29 is 9.53 Å². The molecular weight excluding hydrogens is 240 g/mol. The summed E-state index contributed by atoms with van der Waals surface area (Å²) in [5.41, 5.74) is 9.63. The number of carbonyl (C=O) groups excluding carboxylic acids is 1. The number of methoxy groups -OCH3 is 1. The third-order valence-corrected chi connectivity index (χ3v) is 3.33. The van der Waals surface area contributed by atoms with Crippen molar-refractivity contribution in [2.75, 3.05) is 12.4 Å². The molecule has 0 fully saturated rings. The number of aryl methyl sites for hydroxylation is 1. The van der Waals surface area contributed by atoms with E-state index in [2.05, 4.69) is 5.32 Å². The number of nitrogens with one attached hydrogen (secondary N) is 1. The first-order valence-electron chi connectivity index (χ1n) is 6.57. The van der Waals surface area contributed by atoms with Gasteiger partial charge in [0.15, 0.2) is 0 Å². The molecule has 0 radical (unpaired) electrons. The molecule has 0 aliphatic rings. The highest BCUT2D eigenvalue weighted by Gasteiger charge is 2.12. The molecule has 0 saturated carbocycles. The molecule has 1 aromatic rings. The molecule has 4 nitrogen and oxygen atoms in total. The summed E-state index contributed by atoms with van der Waals surface area (Å²) in [6, 6.07) is 2.00. The van der Waals surface area contributed by atoms with Crippen molar-refractivity contribution in [1.82, 2.24) is 0 Å². The maximum Gasteiger partial charge on any atom is 0.224 e. The molecule has 1 amide bonds. The van der Waals surface area contributed by atoms with Crippen LogP contribution in [0, 0.1) is 20.8 Å². The molecule has 1 rings (SSSR count). The van der Waals surface area contributed by atoms with E-state index < -0.39 is 0 Å². The molecule has 0 aliphatic carbocycles. The average Bonchev–Trinajstić information content (AvgIpc) is 2.34. The maximum atomic E-state index is 11.8. The number of hydrogen-bond acceptors (Lipinski definition) is 3. The normalized spacial score (nSPS) is 12.1. The highest BCUT2D eigenvalue weighted by Crippen LogP contribution is 2.31. The lowest BCUT2D eigenvalue weighted by atomic mass is 10.0. The predicted molar refractivity (Wildman–Crippen MR) is 78.7 cm³/mol. The van der Waals surface area contributed by atoms with Gasteiger partial charge in [-0.3, -0.25) is 4.79 Å². The Bertz CT molecular complexity index is 468. The molecular formula is C15H24N2O2. The van der Waals surface area contributed by atoms with Crippen molar-refractivity contribution in [3.63, 3.8) is 0 Å². The van der Waals surface area contributed by atoms with Gasteiger partial charge in [-0.2, -0.15) is 0 Å². The van der Waals surface area contributed by atoms with Crippen LogP contribution in [-0.4, -0.2) is 19.1 Å². The summed E-state index contributed by atoms with van der Waals surface area (Å²) < 4.78 is 5.37. The van der Waals surface area contributed by atoms with E-state index in [-0.39, 0.29) is 11.9 Å². The van der Waals surface area contributed by atoms with Gasteiger partial charge in [0.2, 0.25) is 5.91 Å². The number of rotatable bonds is 5. The number of benzene rings is 1. The molecule has 0 aliphatic heterocycles. The first-order chi connectivity index (χ1) is 8.86. The van der Waals surface area contributed by atoms with Crippen LogP contribution in [0.3, 0.4) is 0 Å². The zero-order valence-electron chi connectivity index (χ0n) is 12.5. The Morgan fingerprint density at radius 1 is 1.37 bits per heavy atom. The highest BCUT2D eigenvalue weighted by atomic mass is 16.5. The summed E-state index contributed by atoms with van der Waals surface area (Å²) in [6.07, 6.45) is 1.14. The Balaban J connectivity index is 2.88. The molecule has 0 spiro atoms. The van der Waals surface area contributed by atoms with E-state index in [9.17, 15) is 4.79 Å². The fourth-order valence-electron chi connectivity index (χ4n) is 2.07. The second kappa shape index (κ2) is 6.57. The number of ether oxygens (including phenoxy) is 1. The summed E-state index contributed by atoms with van der Waals surface area (Å²) in [4.78, 5) is 11.8. The summed E-state index contributed by atoms with van der Waals surface area (Å²) in [6.45, 7) is 7.86. The van der Waals surface area contributed by atoms with E-state index in [1.165, 1.54) is 0 Å². The molecule has 3 N–H and O–H groups in total. The van der Waals surface area contributed by atoms with Crippen LogP contribution in [0.25, 0.3) is 0 Å². The van der Waals surface area contributed by atoms with Gasteiger partial charge in [-0.15, -0.1) is 0 Å². The van der Waals surface area contributed by atoms with E-state index >= 15 is 0 Å². The van der Waals surface area contributed by atoms with Crippen molar-refractivity contribution in [2.24, 2.45) is 5.73 Å². The maximum absolute atomic E-state index is 11.8. The van der Waals surface area contributed by atoms with Gasteiger partial charge < -0.3 is 15.8 Å². The zero-order chi connectivity index (χ0) is 14.6. The lowest BCUT2D eigenvalue weighted by Crippen LogP contribution is -2.20. The average molecular weight is 264 g/mol. The lowest BCUT2D eigenvalue weighted by Gasteiger charge is -2.16. The van der Waals surface area contributed by atoms with Gasteiger partial charge in [0.05, 0.1) is 7.11 Å². The number of hydrogen-bond donors (Lipinski definition) is 2. The Hall–Kier alpha value is -1.55. The van der Waals surface area contributed by atoms with Crippen LogP contribution in [0.4, 0.5) is 5.69 Å². The second-order valence-corrected chi connectivity index (χ2v) is 5.09. The van der Waals surface area contributed by atoms with E-state index in [0.717, 1.165) is 28.1 Å². The molecule has 0 aromatic heterocycles. The third-order valence-electron chi connectivity index (χ3n) is 3.33. The van der Waals surface area contributed by atoms with Crippen LogP contribution in [0.15, 0.2) is 6.07 Å². The van der Waals surface area contributed by atoms with E-state index in [4.69, 9.17) is 10.5 Å². The van der Waals surface area contributed by atoms with E-state index in [1.807, 2.05) is 33.8 Å². The molecule has 106 valence electrons.